The van der Waals surface area contributed by atoms with E-state index in [1.807, 2.05) is 25.1 Å². The van der Waals surface area contributed by atoms with Gasteiger partial charge in [-0.3, -0.25) is 0 Å². The highest BCUT2D eigenvalue weighted by Crippen LogP contribution is 2.38. The molecule has 0 unspecified atom stereocenters. The first-order valence-corrected chi connectivity index (χ1v) is 6.84. The zero-order chi connectivity index (χ0) is 14.7. The molecule has 0 amide bonds. The van der Waals surface area contributed by atoms with Crippen molar-refractivity contribution in [2.45, 2.75) is 13.0 Å². The second kappa shape index (κ2) is 6.35. The smallest absolute Gasteiger partial charge is 0.146 e. The minimum atomic E-state index is -0.229. The number of ether oxygens (including phenoxy) is 2. The van der Waals surface area contributed by atoms with E-state index in [4.69, 9.17) is 38.4 Å². The lowest BCUT2D eigenvalue weighted by Gasteiger charge is -2.17. The maximum absolute atomic E-state index is 6.11. The Hall–Kier alpha value is -1.42. The summed E-state index contributed by atoms with van der Waals surface area (Å²) in [5.41, 5.74) is 6.79. The summed E-state index contributed by atoms with van der Waals surface area (Å²) in [6.45, 7) is 1.87. The van der Waals surface area contributed by atoms with Crippen molar-refractivity contribution in [2.24, 2.45) is 5.73 Å². The van der Waals surface area contributed by atoms with E-state index >= 15 is 0 Å². The number of methoxy groups -OCH3 is 1. The van der Waals surface area contributed by atoms with Crippen LogP contribution in [0.5, 0.6) is 17.2 Å². The van der Waals surface area contributed by atoms with E-state index in [1.54, 1.807) is 25.3 Å². The summed E-state index contributed by atoms with van der Waals surface area (Å²) in [7, 11) is 1.60. The van der Waals surface area contributed by atoms with Crippen molar-refractivity contribution in [2.75, 3.05) is 7.11 Å². The first kappa shape index (κ1) is 15.0. The maximum atomic E-state index is 6.11. The molecule has 0 aliphatic rings. The monoisotopic (exact) mass is 311 g/mol. The molecule has 0 radical (unpaired) electrons. The molecule has 2 aromatic rings. The highest BCUT2D eigenvalue weighted by Gasteiger charge is 2.15. The molecule has 0 saturated heterocycles. The average Bonchev–Trinajstić information content (AvgIpc) is 2.41. The van der Waals surface area contributed by atoms with E-state index in [0.29, 0.717) is 27.3 Å². The summed E-state index contributed by atoms with van der Waals surface area (Å²) in [5, 5.41) is 0.997. The topological polar surface area (TPSA) is 44.5 Å². The molecule has 106 valence electrons. The van der Waals surface area contributed by atoms with Crippen LogP contribution < -0.4 is 15.2 Å². The van der Waals surface area contributed by atoms with Gasteiger partial charge in [-0.25, -0.2) is 0 Å². The third-order valence-corrected chi connectivity index (χ3v) is 3.35. The van der Waals surface area contributed by atoms with Crippen LogP contribution in [0, 0.1) is 0 Å². The molecule has 0 fully saturated rings. The Balaban J connectivity index is 2.43. The maximum Gasteiger partial charge on any atom is 0.146 e. The molecule has 0 spiro atoms. The average molecular weight is 312 g/mol. The van der Waals surface area contributed by atoms with E-state index in [0.717, 1.165) is 5.56 Å². The van der Waals surface area contributed by atoms with E-state index in [1.165, 1.54) is 0 Å². The molecule has 3 nitrogen and oxygen atoms in total. The fourth-order valence-electron chi connectivity index (χ4n) is 1.92. The van der Waals surface area contributed by atoms with Crippen LogP contribution in [0.15, 0.2) is 36.4 Å². The Morgan fingerprint density at radius 1 is 1.05 bits per heavy atom. The Morgan fingerprint density at radius 3 is 2.35 bits per heavy atom. The lowest BCUT2D eigenvalue weighted by atomic mass is 10.1. The van der Waals surface area contributed by atoms with Crippen molar-refractivity contribution in [3.8, 4) is 17.2 Å². The third-order valence-electron chi connectivity index (χ3n) is 2.82. The van der Waals surface area contributed by atoms with Crippen molar-refractivity contribution in [3.05, 3.63) is 52.0 Å². The predicted octanol–water partition coefficient (Wildman–Crippen LogP) is 4.81. The molecule has 0 aromatic heterocycles. The van der Waals surface area contributed by atoms with Crippen LogP contribution in [0.4, 0.5) is 0 Å². The third kappa shape index (κ3) is 3.18. The molecule has 0 saturated carbocycles. The van der Waals surface area contributed by atoms with Gasteiger partial charge in [0, 0.05) is 11.1 Å². The van der Waals surface area contributed by atoms with Crippen LogP contribution in [0.2, 0.25) is 10.0 Å². The van der Waals surface area contributed by atoms with Gasteiger partial charge in [0.25, 0.3) is 0 Å². The molecule has 2 N–H and O–H groups in total. The zero-order valence-electron chi connectivity index (χ0n) is 11.2. The summed E-state index contributed by atoms with van der Waals surface area (Å²) in [4.78, 5) is 0. The molecule has 0 aliphatic carbocycles. The van der Waals surface area contributed by atoms with Crippen molar-refractivity contribution < 1.29 is 9.47 Å². The lowest BCUT2D eigenvalue weighted by Crippen LogP contribution is -2.08. The standard InChI is InChI=1S/C15H15Cl2NO2/c1-9(18)15-13(19-2)4-3-5-14(15)20-12-7-6-10(16)8-11(12)17/h3-9H,18H2,1-2H3/t9-/m1/s1. The van der Waals surface area contributed by atoms with Crippen LogP contribution in [-0.4, -0.2) is 7.11 Å². The molecule has 2 aromatic carbocycles. The van der Waals surface area contributed by atoms with Gasteiger partial charge >= 0.3 is 0 Å². The Labute approximate surface area is 128 Å². The fourth-order valence-corrected chi connectivity index (χ4v) is 2.36. The Bertz CT molecular complexity index is 615. The number of halogens is 2. The number of hydrogen-bond donors (Lipinski definition) is 1. The van der Waals surface area contributed by atoms with Crippen LogP contribution in [0.3, 0.4) is 0 Å². The summed E-state index contributed by atoms with van der Waals surface area (Å²) < 4.78 is 11.2. The summed E-state index contributed by atoms with van der Waals surface area (Å²) >= 11 is 12.0. The molecule has 5 heteroatoms. The summed E-state index contributed by atoms with van der Waals surface area (Å²) in [6.07, 6.45) is 0. The van der Waals surface area contributed by atoms with E-state index in [2.05, 4.69) is 0 Å². The first-order chi connectivity index (χ1) is 9.52. The summed E-state index contributed by atoms with van der Waals surface area (Å²) in [5.74, 6) is 1.82. The quantitative estimate of drug-likeness (QED) is 0.880. The van der Waals surface area contributed by atoms with Gasteiger partial charge in [0.05, 0.1) is 17.7 Å². The van der Waals surface area contributed by atoms with E-state index in [-0.39, 0.29) is 6.04 Å². The highest BCUT2D eigenvalue weighted by molar-refractivity contribution is 6.35. The normalized spacial score (nSPS) is 12.1. The molecular formula is C15H15Cl2NO2. The van der Waals surface area contributed by atoms with Crippen molar-refractivity contribution in [1.29, 1.82) is 0 Å². The van der Waals surface area contributed by atoms with Gasteiger partial charge in [-0.2, -0.15) is 0 Å². The van der Waals surface area contributed by atoms with Crippen LogP contribution in [0.25, 0.3) is 0 Å². The number of benzene rings is 2. The fraction of sp³-hybridized carbons (Fsp3) is 0.200. The van der Waals surface area contributed by atoms with Crippen molar-refractivity contribution >= 4 is 23.2 Å². The lowest BCUT2D eigenvalue weighted by molar-refractivity contribution is 0.397. The van der Waals surface area contributed by atoms with Crippen LogP contribution in [-0.2, 0) is 0 Å². The van der Waals surface area contributed by atoms with Gasteiger partial charge in [0.2, 0.25) is 0 Å². The Morgan fingerprint density at radius 2 is 1.75 bits per heavy atom. The van der Waals surface area contributed by atoms with Gasteiger partial charge in [-0.05, 0) is 37.3 Å². The minimum Gasteiger partial charge on any atom is -0.496 e. The first-order valence-electron chi connectivity index (χ1n) is 6.08. The van der Waals surface area contributed by atoms with E-state index in [9.17, 15) is 0 Å². The molecule has 0 bridgehead atoms. The van der Waals surface area contributed by atoms with Crippen LogP contribution >= 0.6 is 23.2 Å². The van der Waals surface area contributed by atoms with Crippen molar-refractivity contribution in [1.82, 2.24) is 0 Å². The summed E-state index contributed by atoms with van der Waals surface area (Å²) in [6, 6.07) is 10.3. The van der Waals surface area contributed by atoms with Crippen molar-refractivity contribution in [3.63, 3.8) is 0 Å². The second-order valence-electron chi connectivity index (χ2n) is 4.34. The minimum absolute atomic E-state index is 0.229. The molecule has 20 heavy (non-hydrogen) atoms. The molecule has 0 heterocycles. The van der Waals surface area contributed by atoms with Gasteiger partial charge in [0.15, 0.2) is 0 Å². The van der Waals surface area contributed by atoms with Crippen LogP contribution in [0.1, 0.15) is 18.5 Å². The largest absolute Gasteiger partial charge is 0.496 e. The number of hydrogen-bond acceptors (Lipinski definition) is 3. The predicted molar refractivity (Wildman–Crippen MR) is 82.1 cm³/mol. The molecule has 0 aliphatic heterocycles. The molecule has 2 rings (SSSR count). The Kier molecular flexibility index (Phi) is 4.76. The molecule has 1 atom stereocenters. The van der Waals surface area contributed by atoms with Gasteiger partial charge in [-0.1, -0.05) is 29.3 Å². The van der Waals surface area contributed by atoms with E-state index < -0.39 is 0 Å². The number of rotatable bonds is 4. The number of nitrogens with two attached hydrogens (primary N) is 1. The van der Waals surface area contributed by atoms with Gasteiger partial charge in [-0.15, -0.1) is 0 Å². The second-order valence-corrected chi connectivity index (χ2v) is 5.18. The highest BCUT2D eigenvalue weighted by atomic mass is 35.5. The van der Waals surface area contributed by atoms with Gasteiger partial charge in [0.1, 0.15) is 17.2 Å². The zero-order valence-corrected chi connectivity index (χ0v) is 12.7. The SMILES string of the molecule is COc1cccc(Oc2ccc(Cl)cc2Cl)c1[C@@H](C)N. The van der Waals surface area contributed by atoms with Gasteiger partial charge < -0.3 is 15.2 Å². The molecular weight excluding hydrogens is 297 g/mol.